The highest BCUT2D eigenvalue weighted by Crippen LogP contribution is 2.28. The zero-order valence-electron chi connectivity index (χ0n) is 19.7. The predicted octanol–water partition coefficient (Wildman–Crippen LogP) is 3.28. The highest BCUT2D eigenvalue weighted by molar-refractivity contribution is 5.93. The number of rotatable bonds is 9. The minimum Gasteiger partial charge on any atom is -0.497 e. The third-order valence-electron chi connectivity index (χ3n) is 5.58. The Hall–Kier alpha value is -3.75. The molecule has 1 aliphatic rings. The van der Waals surface area contributed by atoms with Gasteiger partial charge in [-0.3, -0.25) is 9.59 Å². The van der Waals surface area contributed by atoms with Gasteiger partial charge in [0.1, 0.15) is 5.75 Å². The maximum Gasteiger partial charge on any atom is 0.338 e. The Morgan fingerprint density at radius 1 is 0.971 bits per heavy atom. The number of esters is 1. The van der Waals surface area contributed by atoms with Gasteiger partial charge in [0, 0.05) is 18.3 Å². The molecule has 3 rings (SSSR count). The van der Waals surface area contributed by atoms with Crippen LogP contribution in [-0.2, 0) is 14.3 Å². The number of methoxy groups -OCH3 is 2. The number of benzene rings is 2. The fourth-order valence-corrected chi connectivity index (χ4v) is 3.69. The van der Waals surface area contributed by atoms with Gasteiger partial charge in [0.15, 0.2) is 24.7 Å². The molecule has 1 heterocycles. The molecular formula is C25H30N2O7. The summed E-state index contributed by atoms with van der Waals surface area (Å²) >= 11 is 0. The molecule has 1 saturated heterocycles. The largest absolute Gasteiger partial charge is 0.497 e. The molecule has 1 aliphatic heterocycles. The number of nitrogens with zero attached hydrogens (tertiary/aromatic N) is 1. The second kappa shape index (κ2) is 11.9. The average Bonchev–Trinajstić information content (AvgIpc) is 2.86. The molecule has 1 unspecified atom stereocenters. The number of nitrogens with one attached hydrogen (secondary N) is 1. The first-order valence-corrected chi connectivity index (χ1v) is 11.1. The van der Waals surface area contributed by atoms with Gasteiger partial charge in [-0.2, -0.15) is 0 Å². The number of hydrogen-bond donors (Lipinski definition) is 1. The smallest absolute Gasteiger partial charge is 0.338 e. The third kappa shape index (κ3) is 6.63. The van der Waals surface area contributed by atoms with Crippen LogP contribution in [0.3, 0.4) is 0 Å². The second-order valence-corrected chi connectivity index (χ2v) is 7.94. The lowest BCUT2D eigenvalue weighted by Gasteiger charge is -2.33. The van der Waals surface area contributed by atoms with Crippen LogP contribution in [0.2, 0.25) is 0 Å². The Morgan fingerprint density at radius 2 is 1.74 bits per heavy atom. The maximum absolute atomic E-state index is 12.4. The molecule has 1 fully saturated rings. The van der Waals surface area contributed by atoms with Gasteiger partial charge in [-0.25, -0.2) is 4.79 Å². The summed E-state index contributed by atoms with van der Waals surface area (Å²) in [5.41, 5.74) is 0.819. The Kier molecular flexibility index (Phi) is 8.73. The summed E-state index contributed by atoms with van der Waals surface area (Å²) in [6.45, 7) is 2.12. The quantitative estimate of drug-likeness (QED) is 0.561. The van der Waals surface area contributed by atoms with E-state index in [2.05, 4.69) is 5.32 Å². The molecule has 0 saturated carbocycles. The van der Waals surface area contributed by atoms with Crippen molar-refractivity contribution >= 4 is 23.5 Å². The topological polar surface area (TPSA) is 103 Å². The van der Waals surface area contributed by atoms with Crippen LogP contribution in [0.4, 0.5) is 5.69 Å². The minimum absolute atomic E-state index is 0.151. The summed E-state index contributed by atoms with van der Waals surface area (Å²) in [5.74, 6) is 0.0458. The predicted molar refractivity (Wildman–Crippen MR) is 125 cm³/mol. The molecule has 9 heteroatoms. The number of carbonyl (C=O) groups excluding carboxylic acids is 3. The molecule has 1 N–H and O–H groups in total. The molecule has 0 spiro atoms. The Balaban J connectivity index is 1.53. The number of likely N-dealkylation sites (tertiary alicyclic amines) is 1. The molecule has 34 heavy (non-hydrogen) atoms. The lowest BCUT2D eigenvalue weighted by Crippen LogP contribution is -2.44. The molecule has 2 aromatic rings. The molecule has 0 radical (unpaired) electrons. The zero-order chi connectivity index (χ0) is 24.5. The Bertz CT molecular complexity index is 1010. The molecule has 9 nitrogen and oxygen atoms in total. The number of ether oxygens (including phenoxy) is 4. The first-order chi connectivity index (χ1) is 16.4. The van der Waals surface area contributed by atoms with E-state index in [-0.39, 0.29) is 42.4 Å². The number of hydrogen-bond acceptors (Lipinski definition) is 7. The van der Waals surface area contributed by atoms with Crippen molar-refractivity contribution in [2.75, 3.05) is 39.3 Å². The van der Waals surface area contributed by atoms with E-state index in [1.54, 1.807) is 36.3 Å². The van der Waals surface area contributed by atoms with E-state index in [1.807, 2.05) is 6.92 Å². The normalized spacial score (nSPS) is 15.3. The van der Waals surface area contributed by atoms with Crippen LogP contribution in [-0.4, -0.2) is 62.7 Å². The van der Waals surface area contributed by atoms with Gasteiger partial charge in [-0.15, -0.1) is 0 Å². The van der Waals surface area contributed by atoms with E-state index in [4.69, 9.17) is 18.9 Å². The third-order valence-corrected chi connectivity index (χ3v) is 5.58. The minimum atomic E-state index is -0.639. The molecular weight excluding hydrogens is 440 g/mol. The lowest BCUT2D eigenvalue weighted by atomic mass is 10.0. The lowest BCUT2D eigenvalue weighted by molar-refractivity contribution is -0.137. The summed E-state index contributed by atoms with van der Waals surface area (Å²) < 4.78 is 21.1. The van der Waals surface area contributed by atoms with Gasteiger partial charge >= 0.3 is 5.97 Å². The van der Waals surface area contributed by atoms with Crippen molar-refractivity contribution in [3.8, 4) is 17.2 Å². The second-order valence-electron chi connectivity index (χ2n) is 7.94. The molecule has 0 bridgehead atoms. The van der Waals surface area contributed by atoms with Gasteiger partial charge in [0.05, 0.1) is 19.8 Å². The number of piperidine rings is 1. The van der Waals surface area contributed by atoms with Crippen LogP contribution in [0, 0.1) is 0 Å². The SMILES string of the molecule is COc1ccc(NC(=O)COc2ccc(C(=O)OCC(=O)N3CCCCC3C)cc2OC)cc1. The molecule has 2 amide bonds. The molecule has 182 valence electrons. The van der Waals surface area contributed by atoms with Crippen molar-refractivity contribution in [3.63, 3.8) is 0 Å². The van der Waals surface area contributed by atoms with Crippen molar-refractivity contribution in [2.45, 2.75) is 32.2 Å². The summed E-state index contributed by atoms with van der Waals surface area (Å²) in [5, 5.41) is 2.72. The molecule has 0 aliphatic carbocycles. The molecule has 1 atom stereocenters. The van der Waals surface area contributed by atoms with E-state index in [9.17, 15) is 14.4 Å². The van der Waals surface area contributed by atoms with E-state index in [1.165, 1.54) is 25.3 Å². The van der Waals surface area contributed by atoms with Gasteiger partial charge in [0.25, 0.3) is 11.8 Å². The average molecular weight is 471 g/mol. The monoisotopic (exact) mass is 470 g/mol. The van der Waals surface area contributed by atoms with Crippen LogP contribution < -0.4 is 19.5 Å². The molecule has 0 aromatic heterocycles. The van der Waals surface area contributed by atoms with Crippen LogP contribution in [0.5, 0.6) is 17.2 Å². The zero-order valence-corrected chi connectivity index (χ0v) is 19.7. The standard InChI is InChI=1S/C25H30N2O7/c1-17-6-4-5-13-27(17)24(29)16-34-25(30)18-7-12-21(22(14-18)32-3)33-15-23(28)26-19-8-10-20(31-2)11-9-19/h7-12,14,17H,4-6,13,15-16H2,1-3H3,(H,26,28). The summed E-state index contributed by atoms with van der Waals surface area (Å²) in [4.78, 5) is 38.8. The van der Waals surface area contributed by atoms with Crippen LogP contribution >= 0.6 is 0 Å². The summed E-state index contributed by atoms with van der Waals surface area (Å²) in [6.07, 6.45) is 3.01. The van der Waals surface area contributed by atoms with Crippen LogP contribution in [0.25, 0.3) is 0 Å². The van der Waals surface area contributed by atoms with Gasteiger partial charge in [-0.05, 0) is 68.7 Å². The number of carbonyl (C=O) groups is 3. The van der Waals surface area contributed by atoms with E-state index < -0.39 is 5.97 Å². The Labute approximate surface area is 198 Å². The highest BCUT2D eigenvalue weighted by Gasteiger charge is 2.24. The first-order valence-electron chi connectivity index (χ1n) is 11.1. The first kappa shape index (κ1) is 24.9. The van der Waals surface area contributed by atoms with Crippen molar-refractivity contribution in [1.82, 2.24) is 4.90 Å². The van der Waals surface area contributed by atoms with Crippen molar-refractivity contribution in [3.05, 3.63) is 48.0 Å². The van der Waals surface area contributed by atoms with Crippen molar-refractivity contribution in [1.29, 1.82) is 0 Å². The summed E-state index contributed by atoms with van der Waals surface area (Å²) in [6, 6.07) is 11.5. The Morgan fingerprint density at radius 3 is 2.41 bits per heavy atom. The number of amides is 2. The fraction of sp³-hybridized carbons (Fsp3) is 0.400. The van der Waals surface area contributed by atoms with Gasteiger partial charge in [0.2, 0.25) is 0 Å². The highest BCUT2D eigenvalue weighted by atomic mass is 16.5. The maximum atomic E-state index is 12.4. The van der Waals surface area contributed by atoms with E-state index >= 15 is 0 Å². The van der Waals surface area contributed by atoms with Crippen LogP contribution in [0.1, 0.15) is 36.5 Å². The van der Waals surface area contributed by atoms with E-state index in [0.29, 0.717) is 23.7 Å². The number of anilines is 1. The summed E-state index contributed by atoms with van der Waals surface area (Å²) in [7, 11) is 2.99. The van der Waals surface area contributed by atoms with Gasteiger partial charge in [-0.1, -0.05) is 0 Å². The molecule has 2 aromatic carbocycles. The van der Waals surface area contributed by atoms with Crippen molar-refractivity contribution < 1.29 is 33.3 Å². The van der Waals surface area contributed by atoms with E-state index in [0.717, 1.165) is 19.3 Å². The fourth-order valence-electron chi connectivity index (χ4n) is 3.69. The van der Waals surface area contributed by atoms with Crippen molar-refractivity contribution in [2.24, 2.45) is 0 Å². The van der Waals surface area contributed by atoms with Gasteiger partial charge < -0.3 is 29.2 Å². The van der Waals surface area contributed by atoms with Crippen LogP contribution in [0.15, 0.2) is 42.5 Å².